The monoisotopic (exact) mass is 446 g/mol. The van der Waals surface area contributed by atoms with E-state index in [0.717, 1.165) is 5.56 Å². The minimum atomic E-state index is -2.64. The lowest BCUT2D eigenvalue weighted by atomic mass is 10.2. The highest BCUT2D eigenvalue weighted by molar-refractivity contribution is 6.99. The fraction of sp³-hybridized carbons (Fsp3) is 0.286. The second-order valence-electron chi connectivity index (χ2n) is 8.97. The molecule has 0 bridgehead atoms. The topological polar surface area (TPSA) is 38.7 Å². The average molecular weight is 447 g/mol. The van der Waals surface area contributed by atoms with E-state index >= 15 is 0 Å². The van der Waals surface area contributed by atoms with Crippen LogP contribution < -0.4 is 10.4 Å². The van der Waals surface area contributed by atoms with Gasteiger partial charge in [0.2, 0.25) is 0 Å². The number of hydrogen-bond donors (Lipinski definition) is 1. The minimum Gasteiger partial charge on any atom is -0.404 e. The Balaban J connectivity index is 1.70. The van der Waals surface area contributed by atoms with Crippen LogP contribution in [0.15, 0.2) is 103 Å². The number of benzene rings is 3. The molecule has 0 spiro atoms. The van der Waals surface area contributed by atoms with E-state index in [-0.39, 0.29) is 11.6 Å². The van der Waals surface area contributed by atoms with Crippen LogP contribution in [-0.4, -0.2) is 32.7 Å². The van der Waals surface area contributed by atoms with E-state index in [1.807, 2.05) is 48.5 Å². The number of aliphatic hydroxyl groups excluding tert-OH is 1. The highest BCUT2D eigenvalue weighted by Gasteiger charge is 2.50. The molecule has 0 radical (unpaired) electrons. The molecule has 168 valence electrons. The summed E-state index contributed by atoms with van der Waals surface area (Å²) >= 11 is 0. The van der Waals surface area contributed by atoms with Gasteiger partial charge in [0, 0.05) is 0 Å². The summed E-state index contributed by atoms with van der Waals surface area (Å²) in [5, 5.41) is 12.9. The predicted molar refractivity (Wildman–Crippen MR) is 135 cm³/mol. The van der Waals surface area contributed by atoms with E-state index in [1.165, 1.54) is 10.4 Å². The molecule has 0 saturated carbocycles. The predicted octanol–water partition coefficient (Wildman–Crippen LogP) is 4.70. The zero-order valence-electron chi connectivity index (χ0n) is 19.3. The Hall–Kier alpha value is -2.50. The maximum absolute atomic E-state index is 10.6. The van der Waals surface area contributed by atoms with Gasteiger partial charge < -0.3 is 14.3 Å². The van der Waals surface area contributed by atoms with Gasteiger partial charge in [0.05, 0.1) is 25.9 Å². The Morgan fingerprint density at radius 1 is 0.812 bits per heavy atom. The second kappa shape index (κ2) is 11.4. The largest absolute Gasteiger partial charge is 0.404 e. The summed E-state index contributed by atoms with van der Waals surface area (Å²) in [7, 11) is -2.64. The Bertz CT molecular complexity index is 911. The summed E-state index contributed by atoms with van der Waals surface area (Å²) in [6.07, 6.45) is 2.93. The molecule has 0 aromatic heterocycles. The van der Waals surface area contributed by atoms with Gasteiger partial charge in [0.15, 0.2) is 0 Å². The lowest BCUT2D eigenvalue weighted by Crippen LogP contribution is -2.67. The van der Waals surface area contributed by atoms with Crippen molar-refractivity contribution in [1.29, 1.82) is 0 Å². The van der Waals surface area contributed by atoms with Crippen molar-refractivity contribution in [3.63, 3.8) is 0 Å². The van der Waals surface area contributed by atoms with E-state index < -0.39 is 14.4 Å². The average Bonchev–Trinajstić information content (AvgIpc) is 2.80. The van der Waals surface area contributed by atoms with Crippen LogP contribution in [-0.2, 0) is 15.8 Å². The van der Waals surface area contributed by atoms with Gasteiger partial charge in [-0.05, 0) is 21.0 Å². The Kier molecular flexibility index (Phi) is 8.59. The highest BCUT2D eigenvalue weighted by atomic mass is 28.4. The van der Waals surface area contributed by atoms with Crippen LogP contribution in [0.1, 0.15) is 26.3 Å². The van der Waals surface area contributed by atoms with Gasteiger partial charge in [0.25, 0.3) is 8.32 Å². The third-order valence-electron chi connectivity index (χ3n) is 5.57. The molecule has 3 rings (SSSR count). The molecule has 0 aliphatic rings. The smallest absolute Gasteiger partial charge is 0.261 e. The Labute approximate surface area is 193 Å². The fourth-order valence-corrected chi connectivity index (χ4v) is 8.64. The van der Waals surface area contributed by atoms with Crippen molar-refractivity contribution >= 4 is 18.7 Å². The molecule has 32 heavy (non-hydrogen) atoms. The Morgan fingerprint density at radius 3 is 1.81 bits per heavy atom. The number of rotatable bonds is 10. The molecule has 0 aliphatic heterocycles. The Morgan fingerprint density at radius 2 is 1.31 bits per heavy atom. The maximum atomic E-state index is 10.6. The molecule has 1 atom stereocenters. The van der Waals surface area contributed by atoms with Gasteiger partial charge >= 0.3 is 0 Å². The van der Waals surface area contributed by atoms with Crippen LogP contribution in [0.25, 0.3) is 0 Å². The first-order chi connectivity index (χ1) is 15.4. The van der Waals surface area contributed by atoms with Crippen LogP contribution >= 0.6 is 0 Å². The first kappa shape index (κ1) is 24.1. The van der Waals surface area contributed by atoms with Gasteiger partial charge in [-0.1, -0.05) is 124 Å². The van der Waals surface area contributed by atoms with Crippen molar-refractivity contribution in [1.82, 2.24) is 0 Å². The van der Waals surface area contributed by atoms with E-state index in [1.54, 1.807) is 6.08 Å². The summed E-state index contributed by atoms with van der Waals surface area (Å²) in [5.74, 6) is 0. The lowest BCUT2D eigenvalue weighted by Gasteiger charge is -2.43. The lowest BCUT2D eigenvalue weighted by molar-refractivity contribution is 0.132. The van der Waals surface area contributed by atoms with Crippen molar-refractivity contribution in [3.05, 3.63) is 109 Å². The first-order valence-corrected chi connectivity index (χ1v) is 13.1. The molecule has 3 nitrogen and oxygen atoms in total. The second-order valence-corrected chi connectivity index (χ2v) is 13.3. The van der Waals surface area contributed by atoms with Gasteiger partial charge in [-0.15, -0.1) is 0 Å². The van der Waals surface area contributed by atoms with E-state index in [0.29, 0.717) is 13.2 Å². The van der Waals surface area contributed by atoms with Crippen molar-refractivity contribution in [2.24, 2.45) is 0 Å². The van der Waals surface area contributed by atoms with Gasteiger partial charge in [0.1, 0.15) is 0 Å². The third kappa shape index (κ3) is 6.05. The van der Waals surface area contributed by atoms with Crippen LogP contribution in [0, 0.1) is 0 Å². The van der Waals surface area contributed by atoms with Crippen molar-refractivity contribution in [2.75, 3.05) is 13.2 Å². The van der Waals surface area contributed by atoms with Crippen LogP contribution in [0.5, 0.6) is 0 Å². The van der Waals surface area contributed by atoms with Gasteiger partial charge in [-0.3, -0.25) is 0 Å². The molecule has 0 fully saturated rings. The minimum absolute atomic E-state index is 0.113. The molecule has 0 saturated heterocycles. The van der Waals surface area contributed by atoms with Gasteiger partial charge in [-0.25, -0.2) is 0 Å². The molecular weight excluding hydrogens is 412 g/mol. The number of hydrogen-bond acceptors (Lipinski definition) is 3. The molecule has 4 heteroatoms. The summed E-state index contributed by atoms with van der Waals surface area (Å²) in [6, 6.07) is 31.0. The molecular formula is C28H34O3Si. The van der Waals surface area contributed by atoms with E-state index in [9.17, 15) is 5.11 Å². The van der Waals surface area contributed by atoms with E-state index in [2.05, 4.69) is 69.3 Å². The zero-order chi connectivity index (χ0) is 22.9. The summed E-state index contributed by atoms with van der Waals surface area (Å²) in [4.78, 5) is 0. The summed E-state index contributed by atoms with van der Waals surface area (Å²) < 4.78 is 12.4. The summed E-state index contributed by atoms with van der Waals surface area (Å²) in [5.41, 5.74) is 1.14. The molecule has 0 amide bonds. The molecule has 3 aromatic rings. The maximum Gasteiger partial charge on any atom is 0.261 e. The van der Waals surface area contributed by atoms with E-state index in [4.69, 9.17) is 9.16 Å². The fourth-order valence-electron chi connectivity index (χ4n) is 4.06. The third-order valence-corrected chi connectivity index (χ3v) is 10.6. The first-order valence-electron chi connectivity index (χ1n) is 11.1. The van der Waals surface area contributed by atoms with Crippen LogP contribution in [0.3, 0.4) is 0 Å². The molecule has 0 heterocycles. The number of ether oxygens (including phenoxy) is 1. The van der Waals surface area contributed by atoms with Crippen LogP contribution in [0.4, 0.5) is 0 Å². The zero-order valence-corrected chi connectivity index (χ0v) is 20.3. The standard InChI is InChI=1S/C28H34O3Si/c1-28(2,3)32(26-17-9-5-10-18-26,27-19-11-6-12-20-27)31-23-25(29)16-13-21-30-22-24-14-7-4-8-15-24/h4-20,25,29H,21-23H2,1-3H3/b16-13+/t25-/m0/s1. The van der Waals surface area contributed by atoms with Crippen molar-refractivity contribution in [2.45, 2.75) is 38.5 Å². The normalized spacial score (nSPS) is 13.4. The van der Waals surface area contributed by atoms with Crippen molar-refractivity contribution in [3.8, 4) is 0 Å². The highest BCUT2D eigenvalue weighted by Crippen LogP contribution is 2.36. The molecule has 0 aliphatic carbocycles. The van der Waals surface area contributed by atoms with Crippen LogP contribution in [0.2, 0.25) is 5.04 Å². The van der Waals surface area contributed by atoms with Gasteiger partial charge in [-0.2, -0.15) is 0 Å². The van der Waals surface area contributed by atoms with Crippen molar-refractivity contribution < 1.29 is 14.3 Å². The SMILES string of the molecule is CC(C)(C)[Si](OC[C@@H](O)/C=C/COCc1ccccc1)(c1ccccc1)c1ccccc1. The quantitative estimate of drug-likeness (QED) is 0.279. The molecule has 1 N–H and O–H groups in total. The molecule has 0 unspecified atom stereocenters. The number of aliphatic hydroxyl groups is 1. The molecule has 3 aromatic carbocycles. The summed E-state index contributed by atoms with van der Waals surface area (Å²) in [6.45, 7) is 7.95.